The first-order chi connectivity index (χ1) is 5.97. The summed E-state index contributed by atoms with van der Waals surface area (Å²) in [6.45, 7) is 5.41. The van der Waals surface area contributed by atoms with Gasteiger partial charge in [0.05, 0.1) is 0 Å². The number of thioether (sulfide) groups is 1. The first kappa shape index (κ1) is 12.5. The van der Waals surface area contributed by atoms with Crippen LogP contribution in [0, 0.1) is 5.92 Å². The van der Waals surface area contributed by atoms with E-state index < -0.39 is 11.2 Å². The molecule has 0 saturated heterocycles. The van der Waals surface area contributed by atoms with E-state index in [1.165, 1.54) is 6.92 Å². The smallest absolute Gasteiger partial charge is 0.317 e. The Bertz CT molecular complexity index is 191. The number of carboxylic acids is 1. The Morgan fingerprint density at radius 3 is 2.31 bits per heavy atom. The lowest BCUT2D eigenvalue weighted by Gasteiger charge is -2.13. The molecule has 0 heterocycles. The summed E-state index contributed by atoms with van der Waals surface area (Å²) in [5, 5.41) is 8.09. The van der Waals surface area contributed by atoms with Crippen LogP contribution in [0.3, 0.4) is 0 Å². The Labute approximate surface area is 82.9 Å². The maximum atomic E-state index is 10.7. The summed E-state index contributed by atoms with van der Waals surface area (Å²) in [6.07, 6.45) is 1.51. The molecule has 0 saturated carbocycles. The van der Waals surface area contributed by atoms with Crippen molar-refractivity contribution in [2.24, 2.45) is 5.92 Å². The molecule has 2 atom stereocenters. The summed E-state index contributed by atoms with van der Waals surface area (Å²) >= 11 is 0.913. The molecule has 1 N–H and O–H groups in total. The normalized spacial score (nSPS) is 15.0. The van der Waals surface area contributed by atoms with Gasteiger partial charge in [0.15, 0.2) is 5.12 Å². The molecule has 0 aliphatic carbocycles. The van der Waals surface area contributed by atoms with E-state index in [-0.39, 0.29) is 5.12 Å². The van der Waals surface area contributed by atoms with E-state index in [1.54, 1.807) is 0 Å². The fourth-order valence-electron chi connectivity index (χ4n) is 0.932. The highest BCUT2D eigenvalue weighted by Gasteiger charge is 2.21. The lowest BCUT2D eigenvalue weighted by atomic mass is 10.0. The third-order valence-corrected chi connectivity index (χ3v) is 2.91. The molecule has 0 bridgehead atoms. The van der Waals surface area contributed by atoms with Crippen molar-refractivity contribution >= 4 is 22.8 Å². The summed E-state index contributed by atoms with van der Waals surface area (Å²) in [7, 11) is 0. The van der Waals surface area contributed by atoms with Crippen LogP contribution in [0.5, 0.6) is 0 Å². The number of carboxylic acid groups (broad SMARTS) is 1. The molecule has 76 valence electrons. The standard InChI is InChI=1S/C9H16O3S/c1-4-6(2)5-8(9(11)12)13-7(3)10/h6,8H,4-5H2,1-3H3,(H,11,12). The molecular weight excluding hydrogens is 188 g/mol. The van der Waals surface area contributed by atoms with E-state index in [1.807, 2.05) is 13.8 Å². The Hall–Kier alpha value is -0.510. The molecule has 0 rings (SSSR count). The molecule has 0 aliphatic rings. The molecule has 0 amide bonds. The van der Waals surface area contributed by atoms with Gasteiger partial charge in [-0.25, -0.2) is 0 Å². The first-order valence-electron chi connectivity index (χ1n) is 4.37. The van der Waals surface area contributed by atoms with Crippen molar-refractivity contribution in [2.75, 3.05) is 0 Å². The zero-order valence-corrected chi connectivity index (χ0v) is 9.06. The van der Waals surface area contributed by atoms with Crippen LogP contribution in [-0.4, -0.2) is 21.4 Å². The third-order valence-electron chi connectivity index (χ3n) is 1.90. The average Bonchev–Trinajstić information content (AvgIpc) is 2.02. The molecular formula is C9H16O3S. The Morgan fingerprint density at radius 2 is 2.00 bits per heavy atom. The summed E-state index contributed by atoms with van der Waals surface area (Å²) in [5.74, 6) is -0.534. The second-order valence-electron chi connectivity index (χ2n) is 3.19. The zero-order chi connectivity index (χ0) is 10.4. The van der Waals surface area contributed by atoms with Crippen LogP contribution in [-0.2, 0) is 9.59 Å². The summed E-state index contributed by atoms with van der Waals surface area (Å²) in [5.41, 5.74) is 0. The van der Waals surface area contributed by atoms with Crippen LogP contribution < -0.4 is 0 Å². The minimum absolute atomic E-state index is 0.129. The van der Waals surface area contributed by atoms with Crippen LogP contribution in [0.1, 0.15) is 33.6 Å². The second kappa shape index (κ2) is 6.02. The highest BCUT2D eigenvalue weighted by molar-refractivity contribution is 8.14. The van der Waals surface area contributed by atoms with Gasteiger partial charge in [0.25, 0.3) is 0 Å². The molecule has 0 aromatic rings. The number of hydrogen-bond donors (Lipinski definition) is 1. The van der Waals surface area contributed by atoms with Crippen molar-refractivity contribution in [3.8, 4) is 0 Å². The molecule has 0 spiro atoms. The van der Waals surface area contributed by atoms with E-state index in [0.29, 0.717) is 12.3 Å². The van der Waals surface area contributed by atoms with Gasteiger partial charge in [-0.2, -0.15) is 0 Å². The topological polar surface area (TPSA) is 54.4 Å². The molecule has 0 radical (unpaired) electrons. The number of carbonyl (C=O) groups excluding carboxylic acids is 1. The molecule has 0 aliphatic heterocycles. The maximum absolute atomic E-state index is 10.7. The van der Waals surface area contributed by atoms with E-state index in [9.17, 15) is 9.59 Å². The van der Waals surface area contributed by atoms with Crippen molar-refractivity contribution in [3.63, 3.8) is 0 Å². The predicted octanol–water partition coefficient (Wildman–Crippen LogP) is 2.16. The van der Waals surface area contributed by atoms with E-state index in [2.05, 4.69) is 0 Å². The zero-order valence-electron chi connectivity index (χ0n) is 8.24. The SMILES string of the molecule is CCC(C)CC(SC(C)=O)C(=O)O. The molecule has 4 heteroatoms. The third kappa shape index (κ3) is 5.69. The Kier molecular flexibility index (Phi) is 5.79. The highest BCUT2D eigenvalue weighted by atomic mass is 32.2. The van der Waals surface area contributed by atoms with Crippen LogP contribution in [0.15, 0.2) is 0 Å². The van der Waals surface area contributed by atoms with Crippen LogP contribution in [0.2, 0.25) is 0 Å². The van der Waals surface area contributed by atoms with Gasteiger partial charge >= 0.3 is 5.97 Å². The molecule has 0 aromatic carbocycles. The Morgan fingerprint density at radius 1 is 1.46 bits per heavy atom. The number of carbonyl (C=O) groups is 2. The highest BCUT2D eigenvalue weighted by Crippen LogP contribution is 2.21. The van der Waals surface area contributed by atoms with Gasteiger partial charge in [-0.05, 0) is 12.3 Å². The average molecular weight is 204 g/mol. The van der Waals surface area contributed by atoms with Crippen molar-refractivity contribution in [2.45, 2.75) is 38.9 Å². The quantitative estimate of drug-likeness (QED) is 0.745. The summed E-state index contributed by atoms with van der Waals surface area (Å²) in [6, 6.07) is 0. The largest absolute Gasteiger partial charge is 0.480 e. The minimum Gasteiger partial charge on any atom is -0.480 e. The van der Waals surface area contributed by atoms with Gasteiger partial charge in [-0.15, -0.1) is 0 Å². The van der Waals surface area contributed by atoms with Crippen molar-refractivity contribution in [1.82, 2.24) is 0 Å². The van der Waals surface area contributed by atoms with Crippen LogP contribution in [0.25, 0.3) is 0 Å². The number of aliphatic carboxylic acids is 1. The first-order valence-corrected chi connectivity index (χ1v) is 5.25. The van der Waals surface area contributed by atoms with Gasteiger partial charge in [0.1, 0.15) is 5.25 Å². The van der Waals surface area contributed by atoms with Gasteiger partial charge in [-0.1, -0.05) is 32.0 Å². The second-order valence-corrected chi connectivity index (χ2v) is 4.57. The monoisotopic (exact) mass is 204 g/mol. The molecule has 0 aromatic heterocycles. The van der Waals surface area contributed by atoms with Gasteiger partial charge < -0.3 is 5.11 Å². The van der Waals surface area contributed by atoms with Crippen LogP contribution in [0.4, 0.5) is 0 Å². The predicted molar refractivity (Wildman–Crippen MR) is 53.8 cm³/mol. The van der Waals surface area contributed by atoms with Crippen molar-refractivity contribution in [1.29, 1.82) is 0 Å². The lowest BCUT2D eigenvalue weighted by molar-refractivity contribution is -0.136. The van der Waals surface area contributed by atoms with E-state index >= 15 is 0 Å². The number of rotatable bonds is 5. The summed E-state index contributed by atoms with van der Waals surface area (Å²) < 4.78 is 0. The van der Waals surface area contributed by atoms with Crippen molar-refractivity contribution in [3.05, 3.63) is 0 Å². The van der Waals surface area contributed by atoms with E-state index in [0.717, 1.165) is 18.2 Å². The molecule has 3 nitrogen and oxygen atoms in total. The fraction of sp³-hybridized carbons (Fsp3) is 0.778. The van der Waals surface area contributed by atoms with Gasteiger partial charge in [0, 0.05) is 6.92 Å². The maximum Gasteiger partial charge on any atom is 0.317 e. The van der Waals surface area contributed by atoms with Crippen LogP contribution >= 0.6 is 11.8 Å². The molecule has 0 fully saturated rings. The summed E-state index contributed by atoms with van der Waals surface area (Å²) in [4.78, 5) is 21.4. The lowest BCUT2D eigenvalue weighted by Crippen LogP contribution is -2.20. The fourth-order valence-corrected chi connectivity index (χ4v) is 1.86. The molecule has 2 unspecified atom stereocenters. The molecule has 13 heavy (non-hydrogen) atoms. The van der Waals surface area contributed by atoms with E-state index in [4.69, 9.17) is 5.11 Å². The van der Waals surface area contributed by atoms with Gasteiger partial charge in [-0.3, -0.25) is 9.59 Å². The Balaban J connectivity index is 4.10. The minimum atomic E-state index is -0.888. The number of hydrogen-bond acceptors (Lipinski definition) is 3. The van der Waals surface area contributed by atoms with Crippen molar-refractivity contribution < 1.29 is 14.7 Å². The van der Waals surface area contributed by atoms with Gasteiger partial charge in [0.2, 0.25) is 0 Å².